The summed E-state index contributed by atoms with van der Waals surface area (Å²) in [6.07, 6.45) is 1.87. The van der Waals surface area contributed by atoms with Crippen LogP contribution in [0.2, 0.25) is 0 Å². The van der Waals surface area contributed by atoms with Crippen LogP contribution in [0.25, 0.3) is 22.0 Å². The van der Waals surface area contributed by atoms with Gasteiger partial charge in [-0.15, -0.1) is 0 Å². The Morgan fingerprint density at radius 2 is 1.70 bits per heavy atom. The van der Waals surface area contributed by atoms with E-state index in [9.17, 15) is 23.3 Å². The lowest BCUT2D eigenvalue weighted by Gasteiger charge is -2.10. The van der Waals surface area contributed by atoms with Gasteiger partial charge in [0, 0.05) is 53.1 Å². The van der Waals surface area contributed by atoms with Crippen molar-refractivity contribution in [1.82, 2.24) is 10.0 Å². The number of rotatable bonds is 6. The Bertz CT molecular complexity index is 1480. The van der Waals surface area contributed by atoms with Gasteiger partial charge < -0.3 is 4.57 Å². The second-order valence-corrected chi connectivity index (χ2v) is 8.94. The van der Waals surface area contributed by atoms with E-state index >= 15 is 0 Å². The molecule has 0 spiro atoms. The summed E-state index contributed by atoms with van der Waals surface area (Å²) < 4.78 is 30.0. The number of nitrogens with zero attached hydrogens (tertiary/aromatic N) is 2. The van der Waals surface area contributed by atoms with Crippen LogP contribution in [-0.2, 0) is 17.1 Å². The summed E-state index contributed by atoms with van der Waals surface area (Å²) in [5.74, 6) is -0.750. The van der Waals surface area contributed by atoms with Crippen molar-refractivity contribution < 1.29 is 23.3 Å². The average molecular weight is 466 g/mol. The fraction of sp³-hybridized carbons (Fsp3) is 0.0455. The van der Waals surface area contributed by atoms with E-state index in [0.29, 0.717) is 5.69 Å². The fourth-order valence-corrected chi connectivity index (χ4v) is 4.56. The number of benzene rings is 3. The predicted octanol–water partition coefficient (Wildman–Crippen LogP) is 3.67. The summed E-state index contributed by atoms with van der Waals surface area (Å²) in [5.41, 5.74) is 4.30. The van der Waals surface area contributed by atoms with Crippen LogP contribution < -0.4 is 10.2 Å². The molecule has 0 fully saturated rings. The molecule has 33 heavy (non-hydrogen) atoms. The molecule has 168 valence electrons. The summed E-state index contributed by atoms with van der Waals surface area (Å²) in [5, 5.41) is 20.4. The SMILES string of the molecule is Cn1cc(-c2ccc([N+](=O)[O-])cc2)c2cc(NS(=O)(=O)c3ccc(C(=O)NO)cc3)ccc21. The number of nitrogens with one attached hydrogen (secondary N) is 2. The minimum Gasteiger partial charge on any atom is -0.350 e. The van der Waals surface area contributed by atoms with Crippen LogP contribution >= 0.6 is 0 Å². The number of carbonyl (C=O) groups is 1. The molecule has 1 aromatic heterocycles. The highest BCUT2D eigenvalue weighted by Crippen LogP contribution is 2.33. The van der Waals surface area contributed by atoms with E-state index in [-0.39, 0.29) is 16.1 Å². The Balaban J connectivity index is 1.68. The van der Waals surface area contributed by atoms with Crippen molar-refractivity contribution in [3.8, 4) is 11.1 Å². The Morgan fingerprint density at radius 3 is 2.30 bits per heavy atom. The minimum atomic E-state index is -3.94. The zero-order valence-electron chi connectivity index (χ0n) is 17.2. The van der Waals surface area contributed by atoms with Crippen molar-refractivity contribution in [1.29, 1.82) is 0 Å². The molecule has 0 aliphatic heterocycles. The quantitative estimate of drug-likeness (QED) is 0.225. The topological polar surface area (TPSA) is 144 Å². The van der Waals surface area contributed by atoms with Gasteiger partial charge in [-0.2, -0.15) is 0 Å². The third-order valence-corrected chi connectivity index (χ3v) is 6.56. The van der Waals surface area contributed by atoms with Crippen LogP contribution in [0.1, 0.15) is 10.4 Å². The Morgan fingerprint density at radius 1 is 1.03 bits per heavy atom. The molecule has 1 heterocycles. The molecule has 0 unspecified atom stereocenters. The molecule has 11 heteroatoms. The highest BCUT2D eigenvalue weighted by atomic mass is 32.2. The molecule has 0 aliphatic carbocycles. The molecule has 0 aliphatic rings. The van der Waals surface area contributed by atoms with Crippen LogP contribution in [-0.4, -0.2) is 29.0 Å². The molecule has 0 bridgehead atoms. The van der Waals surface area contributed by atoms with Crippen LogP contribution in [0.5, 0.6) is 0 Å². The highest BCUT2D eigenvalue weighted by molar-refractivity contribution is 7.92. The molecule has 0 saturated carbocycles. The Hall–Kier alpha value is -4.22. The maximum Gasteiger partial charge on any atom is 0.274 e. The Labute approximate surface area is 188 Å². The summed E-state index contributed by atoms with van der Waals surface area (Å²) >= 11 is 0. The van der Waals surface area contributed by atoms with Crippen molar-refractivity contribution in [3.63, 3.8) is 0 Å². The minimum absolute atomic E-state index is 0.0186. The fourth-order valence-electron chi connectivity index (χ4n) is 3.51. The normalized spacial score (nSPS) is 11.3. The van der Waals surface area contributed by atoms with Crippen molar-refractivity contribution in [2.45, 2.75) is 4.90 Å². The van der Waals surface area contributed by atoms with Gasteiger partial charge in [-0.3, -0.25) is 24.8 Å². The molecule has 0 saturated heterocycles. The first kappa shape index (κ1) is 22.0. The van der Waals surface area contributed by atoms with Gasteiger partial charge in [-0.25, -0.2) is 13.9 Å². The second-order valence-electron chi connectivity index (χ2n) is 7.26. The van der Waals surface area contributed by atoms with E-state index in [4.69, 9.17) is 5.21 Å². The van der Waals surface area contributed by atoms with Crippen LogP contribution in [0, 0.1) is 10.1 Å². The number of aryl methyl sites for hydroxylation is 1. The Kier molecular flexibility index (Phi) is 5.58. The number of hydrogen-bond acceptors (Lipinski definition) is 6. The highest BCUT2D eigenvalue weighted by Gasteiger charge is 2.17. The summed E-state index contributed by atoms with van der Waals surface area (Å²) in [4.78, 5) is 21.8. The molecule has 1 amide bonds. The van der Waals surface area contributed by atoms with Gasteiger partial charge in [0.2, 0.25) is 0 Å². The van der Waals surface area contributed by atoms with Crippen molar-refractivity contribution >= 4 is 38.2 Å². The van der Waals surface area contributed by atoms with Crippen molar-refractivity contribution in [2.24, 2.45) is 7.05 Å². The number of anilines is 1. The maximum atomic E-state index is 12.8. The van der Waals surface area contributed by atoms with Gasteiger partial charge >= 0.3 is 0 Å². The lowest BCUT2D eigenvalue weighted by molar-refractivity contribution is -0.384. The van der Waals surface area contributed by atoms with Crippen LogP contribution in [0.15, 0.2) is 77.8 Å². The molecule has 10 nitrogen and oxygen atoms in total. The van der Waals surface area contributed by atoms with E-state index in [2.05, 4.69) is 4.72 Å². The second kappa shape index (κ2) is 8.37. The standard InChI is InChI=1S/C22H18N4O6S/c1-25-13-20(14-2-7-17(8-3-14)26(29)30)19-12-16(6-11-21(19)25)24-33(31,32)18-9-4-15(5-10-18)22(27)23-28/h2-13,24,28H,1H3,(H,23,27). The molecule has 0 atom stereocenters. The number of hydroxylamine groups is 1. The lowest BCUT2D eigenvalue weighted by Crippen LogP contribution is -2.19. The monoisotopic (exact) mass is 466 g/mol. The molecule has 0 radical (unpaired) electrons. The van der Waals surface area contributed by atoms with Gasteiger partial charge in [0.15, 0.2) is 0 Å². The van der Waals surface area contributed by atoms with Gasteiger partial charge in [0.1, 0.15) is 0 Å². The number of non-ortho nitro benzene ring substituents is 1. The summed E-state index contributed by atoms with van der Waals surface area (Å²) in [6.45, 7) is 0. The van der Waals surface area contributed by atoms with Crippen LogP contribution in [0.4, 0.5) is 11.4 Å². The zero-order valence-corrected chi connectivity index (χ0v) is 18.0. The smallest absolute Gasteiger partial charge is 0.274 e. The van der Waals surface area contributed by atoms with E-state index in [0.717, 1.165) is 22.0 Å². The number of sulfonamides is 1. The number of amides is 1. The molecule has 4 aromatic rings. The van der Waals surface area contributed by atoms with Gasteiger partial charge in [-0.1, -0.05) is 0 Å². The van der Waals surface area contributed by atoms with Crippen LogP contribution in [0.3, 0.4) is 0 Å². The summed E-state index contributed by atoms with van der Waals surface area (Å²) in [7, 11) is -2.09. The number of hydrogen-bond donors (Lipinski definition) is 3. The molecule has 4 rings (SSSR count). The first-order valence-corrected chi connectivity index (χ1v) is 11.1. The molecule has 3 N–H and O–H groups in total. The van der Waals surface area contributed by atoms with E-state index in [1.807, 2.05) is 17.8 Å². The molecular formula is C22H18N4O6S. The zero-order chi connectivity index (χ0) is 23.8. The lowest BCUT2D eigenvalue weighted by atomic mass is 10.0. The maximum absolute atomic E-state index is 12.8. The largest absolute Gasteiger partial charge is 0.350 e. The van der Waals surface area contributed by atoms with Gasteiger partial charge in [-0.05, 0) is 60.2 Å². The molecule has 3 aromatic carbocycles. The number of nitro groups is 1. The average Bonchev–Trinajstić information content (AvgIpc) is 3.14. The third kappa shape index (κ3) is 4.27. The van der Waals surface area contributed by atoms with Crippen molar-refractivity contribution in [2.75, 3.05) is 4.72 Å². The van der Waals surface area contributed by atoms with Gasteiger partial charge in [0.05, 0.1) is 9.82 Å². The number of aromatic nitrogens is 1. The number of fused-ring (bicyclic) bond motifs is 1. The van der Waals surface area contributed by atoms with E-state index in [1.165, 1.54) is 41.9 Å². The summed E-state index contributed by atoms with van der Waals surface area (Å²) in [6, 6.07) is 16.3. The van der Waals surface area contributed by atoms with Crippen molar-refractivity contribution in [3.05, 3.63) is 88.6 Å². The predicted molar refractivity (Wildman–Crippen MR) is 122 cm³/mol. The first-order chi connectivity index (χ1) is 15.7. The molecular weight excluding hydrogens is 448 g/mol. The first-order valence-electron chi connectivity index (χ1n) is 9.61. The number of carbonyl (C=O) groups excluding carboxylic acids is 1. The van der Waals surface area contributed by atoms with E-state index < -0.39 is 20.9 Å². The third-order valence-electron chi connectivity index (χ3n) is 5.16. The van der Waals surface area contributed by atoms with Gasteiger partial charge in [0.25, 0.3) is 21.6 Å². The van der Waals surface area contributed by atoms with E-state index in [1.54, 1.807) is 30.3 Å². The number of nitro benzene ring substituents is 1.